The Kier molecular flexibility index (Phi) is 6.15. The summed E-state index contributed by atoms with van der Waals surface area (Å²) in [5.41, 5.74) is 0.208. The lowest BCUT2D eigenvalue weighted by molar-refractivity contribution is 0.0696. The number of fused-ring (bicyclic) bond motifs is 1. The average molecular weight is 267 g/mol. The van der Waals surface area contributed by atoms with E-state index in [1.54, 1.807) is 6.07 Å². The van der Waals surface area contributed by atoms with Gasteiger partial charge >= 0.3 is 5.97 Å². The van der Waals surface area contributed by atoms with Gasteiger partial charge in [-0.3, -0.25) is 0 Å². The van der Waals surface area contributed by atoms with Crippen molar-refractivity contribution < 1.29 is 19.4 Å². The molecule has 0 amide bonds. The molecule has 0 spiro atoms. The lowest BCUT2D eigenvalue weighted by atomic mass is 10.2. The number of benzene rings is 1. The molecule has 0 atom stereocenters. The molecule has 0 unspecified atom stereocenters. The second-order valence-corrected chi connectivity index (χ2v) is 3.99. The standard InChI is InChI=1S/C8H6O4.C6H15N/c9-8(10)5-1-2-6-7(3-5)12-4-11-6;1-4-7(5-2)6-3/h1-3H,4H2,(H,9,10);4-6H2,1-3H3. The summed E-state index contributed by atoms with van der Waals surface area (Å²) in [5, 5.41) is 8.62. The van der Waals surface area contributed by atoms with E-state index in [1.807, 2.05) is 0 Å². The van der Waals surface area contributed by atoms with Crippen LogP contribution in [0.3, 0.4) is 0 Å². The van der Waals surface area contributed by atoms with Gasteiger partial charge in [0.15, 0.2) is 11.5 Å². The summed E-state index contributed by atoms with van der Waals surface area (Å²) in [7, 11) is 0. The molecule has 0 saturated carbocycles. The summed E-state index contributed by atoms with van der Waals surface area (Å²) < 4.78 is 10.0. The van der Waals surface area contributed by atoms with E-state index in [0.717, 1.165) is 0 Å². The van der Waals surface area contributed by atoms with Crippen LogP contribution < -0.4 is 9.47 Å². The van der Waals surface area contributed by atoms with Crippen LogP contribution in [0.5, 0.6) is 11.5 Å². The van der Waals surface area contributed by atoms with Crippen LogP contribution in [-0.4, -0.2) is 42.4 Å². The summed E-state index contributed by atoms with van der Waals surface area (Å²) in [5.74, 6) is 0.128. The molecule has 0 saturated heterocycles. The van der Waals surface area contributed by atoms with Crippen molar-refractivity contribution in [3.05, 3.63) is 23.8 Å². The minimum absolute atomic E-state index is 0.165. The van der Waals surface area contributed by atoms with Gasteiger partial charge in [-0.25, -0.2) is 4.79 Å². The second kappa shape index (κ2) is 7.63. The predicted octanol–water partition coefficient (Wildman–Crippen LogP) is 2.46. The molecule has 1 aromatic rings. The highest BCUT2D eigenvalue weighted by molar-refractivity contribution is 5.88. The molecule has 0 aromatic heterocycles. The van der Waals surface area contributed by atoms with Gasteiger partial charge in [0, 0.05) is 0 Å². The Hall–Kier alpha value is -1.75. The van der Waals surface area contributed by atoms with Gasteiger partial charge in [-0.1, -0.05) is 20.8 Å². The van der Waals surface area contributed by atoms with E-state index in [4.69, 9.17) is 14.6 Å². The minimum Gasteiger partial charge on any atom is -0.478 e. The quantitative estimate of drug-likeness (QED) is 0.908. The molecule has 0 bridgehead atoms. The number of carboxylic acids is 1. The topological polar surface area (TPSA) is 59.0 Å². The van der Waals surface area contributed by atoms with Gasteiger partial charge in [-0.05, 0) is 37.8 Å². The normalized spacial score (nSPS) is 12.0. The fourth-order valence-electron chi connectivity index (χ4n) is 1.70. The molecule has 1 aliphatic heterocycles. The van der Waals surface area contributed by atoms with Gasteiger partial charge < -0.3 is 19.5 Å². The largest absolute Gasteiger partial charge is 0.478 e. The molecule has 1 N–H and O–H groups in total. The summed E-state index contributed by atoms with van der Waals surface area (Å²) in [6, 6.07) is 4.52. The molecular formula is C14H21NO4. The van der Waals surface area contributed by atoms with Crippen LogP contribution in [0.2, 0.25) is 0 Å². The van der Waals surface area contributed by atoms with Crippen LogP contribution in [0.25, 0.3) is 0 Å². The molecule has 0 radical (unpaired) electrons. The SMILES string of the molecule is CCN(CC)CC.O=C(O)c1ccc2c(c1)OCO2. The highest BCUT2D eigenvalue weighted by Gasteiger charge is 2.15. The van der Waals surface area contributed by atoms with Crippen LogP contribution in [-0.2, 0) is 0 Å². The molecule has 5 nitrogen and oxygen atoms in total. The Morgan fingerprint density at radius 3 is 2.21 bits per heavy atom. The van der Waals surface area contributed by atoms with Crippen molar-refractivity contribution in [1.82, 2.24) is 4.90 Å². The number of hydrogen-bond acceptors (Lipinski definition) is 4. The number of carboxylic acid groups (broad SMARTS) is 1. The first-order valence-electron chi connectivity index (χ1n) is 6.47. The van der Waals surface area contributed by atoms with E-state index in [0.29, 0.717) is 11.5 Å². The minimum atomic E-state index is -0.965. The molecule has 1 aliphatic rings. The molecule has 2 rings (SSSR count). The summed E-state index contributed by atoms with van der Waals surface area (Å²) in [4.78, 5) is 12.9. The molecule has 5 heteroatoms. The maximum atomic E-state index is 10.5. The Morgan fingerprint density at radius 1 is 1.16 bits per heavy atom. The first-order chi connectivity index (χ1) is 9.12. The van der Waals surface area contributed by atoms with E-state index < -0.39 is 5.97 Å². The van der Waals surface area contributed by atoms with Crippen molar-refractivity contribution in [1.29, 1.82) is 0 Å². The van der Waals surface area contributed by atoms with Gasteiger partial charge in [-0.2, -0.15) is 0 Å². The maximum absolute atomic E-state index is 10.5. The van der Waals surface area contributed by atoms with Crippen LogP contribution in [0.1, 0.15) is 31.1 Å². The Labute approximate surface area is 113 Å². The predicted molar refractivity (Wildman–Crippen MR) is 73.0 cm³/mol. The smallest absolute Gasteiger partial charge is 0.335 e. The molecule has 1 aromatic carbocycles. The van der Waals surface area contributed by atoms with Gasteiger partial charge in [-0.15, -0.1) is 0 Å². The Balaban J connectivity index is 0.000000224. The number of aromatic carboxylic acids is 1. The van der Waals surface area contributed by atoms with Crippen molar-refractivity contribution in [2.45, 2.75) is 20.8 Å². The van der Waals surface area contributed by atoms with Crippen molar-refractivity contribution in [2.24, 2.45) is 0 Å². The van der Waals surface area contributed by atoms with Gasteiger partial charge in [0.05, 0.1) is 5.56 Å². The van der Waals surface area contributed by atoms with Crippen LogP contribution >= 0.6 is 0 Å². The van der Waals surface area contributed by atoms with Crippen molar-refractivity contribution >= 4 is 5.97 Å². The average Bonchev–Trinajstić information content (AvgIpc) is 2.88. The summed E-state index contributed by atoms with van der Waals surface area (Å²) >= 11 is 0. The molecule has 0 aliphatic carbocycles. The summed E-state index contributed by atoms with van der Waals surface area (Å²) in [6.07, 6.45) is 0. The van der Waals surface area contributed by atoms with Crippen LogP contribution in [0, 0.1) is 0 Å². The first kappa shape index (κ1) is 15.3. The van der Waals surface area contributed by atoms with Crippen LogP contribution in [0.4, 0.5) is 0 Å². The van der Waals surface area contributed by atoms with E-state index in [2.05, 4.69) is 25.7 Å². The number of nitrogens with zero attached hydrogens (tertiary/aromatic N) is 1. The van der Waals surface area contributed by atoms with Gasteiger partial charge in [0.1, 0.15) is 0 Å². The van der Waals surface area contributed by atoms with Gasteiger partial charge in [0.2, 0.25) is 6.79 Å². The molecule has 106 valence electrons. The zero-order valence-electron chi connectivity index (χ0n) is 11.7. The van der Waals surface area contributed by atoms with Crippen molar-refractivity contribution in [3.63, 3.8) is 0 Å². The second-order valence-electron chi connectivity index (χ2n) is 3.99. The number of carbonyl (C=O) groups is 1. The van der Waals surface area contributed by atoms with Gasteiger partial charge in [0.25, 0.3) is 0 Å². The number of ether oxygens (including phenoxy) is 2. The lowest BCUT2D eigenvalue weighted by Crippen LogP contribution is -2.21. The molecule has 0 fully saturated rings. The van der Waals surface area contributed by atoms with Crippen molar-refractivity contribution in [2.75, 3.05) is 26.4 Å². The molecular weight excluding hydrogens is 246 g/mol. The van der Waals surface area contributed by atoms with E-state index in [9.17, 15) is 4.79 Å². The highest BCUT2D eigenvalue weighted by Crippen LogP contribution is 2.32. The molecule has 1 heterocycles. The Bertz CT molecular complexity index is 410. The zero-order chi connectivity index (χ0) is 14.3. The van der Waals surface area contributed by atoms with E-state index in [1.165, 1.54) is 31.8 Å². The zero-order valence-corrected chi connectivity index (χ0v) is 11.7. The fraction of sp³-hybridized carbons (Fsp3) is 0.500. The third kappa shape index (κ3) is 4.44. The highest BCUT2D eigenvalue weighted by atomic mass is 16.7. The van der Waals surface area contributed by atoms with Crippen molar-refractivity contribution in [3.8, 4) is 11.5 Å². The number of hydrogen-bond donors (Lipinski definition) is 1. The fourth-order valence-corrected chi connectivity index (χ4v) is 1.70. The monoisotopic (exact) mass is 267 g/mol. The van der Waals surface area contributed by atoms with Crippen LogP contribution in [0.15, 0.2) is 18.2 Å². The molecule has 19 heavy (non-hydrogen) atoms. The first-order valence-corrected chi connectivity index (χ1v) is 6.47. The van der Waals surface area contributed by atoms with E-state index >= 15 is 0 Å². The summed E-state index contributed by atoms with van der Waals surface area (Å²) in [6.45, 7) is 10.3. The lowest BCUT2D eigenvalue weighted by Gasteiger charge is -2.13. The maximum Gasteiger partial charge on any atom is 0.335 e. The Morgan fingerprint density at radius 2 is 1.74 bits per heavy atom. The van der Waals surface area contributed by atoms with E-state index in [-0.39, 0.29) is 12.4 Å². The number of rotatable bonds is 4. The third-order valence-corrected chi connectivity index (χ3v) is 2.96. The third-order valence-electron chi connectivity index (χ3n) is 2.96.